The van der Waals surface area contributed by atoms with Gasteiger partial charge in [0, 0.05) is 17.3 Å². The first-order chi connectivity index (χ1) is 12.4. The molecular weight excluding hydrogens is 324 g/mol. The lowest BCUT2D eigenvalue weighted by molar-refractivity contribution is -0.167. The maximum atomic E-state index is 12.0. The lowest BCUT2D eigenvalue weighted by Crippen LogP contribution is -2.55. The maximum absolute atomic E-state index is 12.0. The van der Waals surface area contributed by atoms with Gasteiger partial charge >= 0.3 is 5.97 Å². The van der Waals surface area contributed by atoms with Gasteiger partial charge in [-0.1, -0.05) is 25.5 Å². The summed E-state index contributed by atoms with van der Waals surface area (Å²) in [7, 11) is 0. The molecule has 3 nitrogen and oxygen atoms in total. The minimum atomic E-state index is -0.181. The summed E-state index contributed by atoms with van der Waals surface area (Å²) in [6.45, 7) is 4.82. The number of fused-ring (bicyclic) bond motifs is 9. The Labute approximate surface area is 155 Å². The zero-order chi connectivity index (χ0) is 17.9. The molecule has 1 heterocycles. The largest absolute Gasteiger partial charge is 0.458 e. The van der Waals surface area contributed by atoms with Gasteiger partial charge in [-0.25, -0.2) is 0 Å². The summed E-state index contributed by atoms with van der Waals surface area (Å²) < 4.78 is 6.05. The van der Waals surface area contributed by atoms with Gasteiger partial charge in [0.1, 0.15) is 5.60 Å². The highest BCUT2D eigenvalue weighted by atomic mass is 16.6. The molecule has 0 bridgehead atoms. The topological polar surface area (TPSA) is 43.4 Å². The fourth-order valence-electron chi connectivity index (χ4n) is 8.34. The van der Waals surface area contributed by atoms with Gasteiger partial charge in [0.2, 0.25) is 0 Å². The van der Waals surface area contributed by atoms with Gasteiger partial charge in [-0.2, -0.15) is 0 Å². The predicted octanol–water partition coefficient (Wildman–Crippen LogP) is 4.23. The zero-order valence-corrected chi connectivity index (χ0v) is 15.8. The molecule has 7 unspecified atom stereocenters. The zero-order valence-electron chi connectivity index (χ0n) is 15.8. The molecule has 1 spiro atoms. The van der Waals surface area contributed by atoms with E-state index in [2.05, 4.69) is 19.9 Å². The maximum Gasteiger partial charge on any atom is 0.306 e. The van der Waals surface area contributed by atoms with Crippen LogP contribution in [0.1, 0.15) is 58.8 Å². The standard InChI is InChI=1S/C23H28O3/c1-21-7-3-13(24)11-18(21)14-12-15(14)20-16(21)4-8-22(2)17(20)5-9-23(22)10-6-19(25)26-23/h3,7,11,14-17,20H,4-6,8-10,12H2,1-2H3/t14-,15?,16?,17?,20?,21?,22?,23?/m0/s1. The van der Waals surface area contributed by atoms with Gasteiger partial charge < -0.3 is 4.74 Å². The highest BCUT2D eigenvalue weighted by Gasteiger charge is 2.71. The number of ketones is 1. The van der Waals surface area contributed by atoms with Crippen molar-refractivity contribution in [2.24, 2.45) is 40.4 Å². The third-order valence-corrected chi connectivity index (χ3v) is 9.68. The molecule has 6 aliphatic rings. The second kappa shape index (κ2) is 4.54. The van der Waals surface area contributed by atoms with E-state index in [1.165, 1.54) is 24.8 Å². The molecule has 1 aliphatic heterocycles. The Bertz CT molecular complexity index is 793. The monoisotopic (exact) mass is 352 g/mol. The van der Waals surface area contributed by atoms with E-state index in [1.807, 2.05) is 12.2 Å². The van der Waals surface area contributed by atoms with Crippen molar-refractivity contribution in [2.45, 2.75) is 64.4 Å². The minimum absolute atomic E-state index is 0.0212. The third kappa shape index (κ3) is 1.63. The highest BCUT2D eigenvalue weighted by molar-refractivity contribution is 6.01. The van der Waals surface area contributed by atoms with Crippen molar-refractivity contribution in [2.75, 3.05) is 0 Å². The second-order valence-corrected chi connectivity index (χ2v) is 10.4. The smallest absolute Gasteiger partial charge is 0.306 e. The molecule has 1 saturated heterocycles. The van der Waals surface area contributed by atoms with Crippen molar-refractivity contribution in [1.29, 1.82) is 0 Å². The highest BCUT2D eigenvalue weighted by Crippen LogP contribution is 2.75. The molecule has 6 rings (SSSR count). The number of carbonyl (C=O) groups excluding carboxylic acids is 2. The van der Waals surface area contributed by atoms with Crippen LogP contribution in [0.4, 0.5) is 0 Å². The van der Waals surface area contributed by atoms with Crippen molar-refractivity contribution in [1.82, 2.24) is 0 Å². The lowest BCUT2D eigenvalue weighted by Gasteiger charge is -2.58. The fraction of sp³-hybridized carbons (Fsp3) is 0.739. The summed E-state index contributed by atoms with van der Waals surface area (Å²) in [5, 5.41) is 0. The Balaban J connectivity index is 1.41. The molecular formula is C23H28O3. The van der Waals surface area contributed by atoms with Crippen molar-refractivity contribution < 1.29 is 14.3 Å². The van der Waals surface area contributed by atoms with Gasteiger partial charge in [-0.05, 0) is 80.3 Å². The Morgan fingerprint density at radius 3 is 2.65 bits per heavy atom. The van der Waals surface area contributed by atoms with Crippen LogP contribution in [0.2, 0.25) is 0 Å². The molecule has 0 amide bonds. The van der Waals surface area contributed by atoms with Crippen molar-refractivity contribution in [3.05, 3.63) is 23.8 Å². The average Bonchev–Trinajstić information content (AvgIpc) is 3.23. The number of esters is 1. The van der Waals surface area contributed by atoms with Crippen LogP contribution in [0.5, 0.6) is 0 Å². The van der Waals surface area contributed by atoms with Crippen molar-refractivity contribution >= 4 is 11.8 Å². The number of hydrogen-bond donors (Lipinski definition) is 0. The van der Waals surface area contributed by atoms with Crippen LogP contribution in [0.3, 0.4) is 0 Å². The van der Waals surface area contributed by atoms with E-state index in [0.29, 0.717) is 24.2 Å². The summed E-state index contributed by atoms with van der Waals surface area (Å²) in [5.74, 6) is 3.64. The van der Waals surface area contributed by atoms with Crippen LogP contribution in [0.15, 0.2) is 23.8 Å². The molecule has 26 heavy (non-hydrogen) atoms. The molecule has 3 heteroatoms. The van der Waals surface area contributed by atoms with Crippen molar-refractivity contribution in [3.8, 4) is 0 Å². The first-order valence-corrected chi connectivity index (χ1v) is 10.6. The fourth-order valence-corrected chi connectivity index (χ4v) is 8.34. The van der Waals surface area contributed by atoms with E-state index in [-0.39, 0.29) is 28.2 Å². The van der Waals surface area contributed by atoms with E-state index in [4.69, 9.17) is 4.74 Å². The molecule has 4 saturated carbocycles. The average molecular weight is 352 g/mol. The quantitative estimate of drug-likeness (QED) is 0.613. The van der Waals surface area contributed by atoms with Crippen LogP contribution in [-0.4, -0.2) is 17.4 Å². The SMILES string of the molecule is CC12C=CC(=O)C=C1[C@H]1CC1C1C2CCC2(C)C1CCC21CCC(=O)O1. The van der Waals surface area contributed by atoms with Crippen LogP contribution in [0.25, 0.3) is 0 Å². The number of allylic oxidation sites excluding steroid dienone is 4. The molecule has 0 aromatic rings. The van der Waals surface area contributed by atoms with Crippen LogP contribution in [0, 0.1) is 40.4 Å². The lowest BCUT2D eigenvalue weighted by atomic mass is 9.47. The van der Waals surface area contributed by atoms with E-state index in [1.54, 1.807) is 0 Å². The number of ether oxygens (including phenoxy) is 1. The molecule has 0 N–H and O–H groups in total. The van der Waals surface area contributed by atoms with Gasteiger partial charge in [0.05, 0.1) is 0 Å². The number of hydrogen-bond acceptors (Lipinski definition) is 3. The molecule has 5 fully saturated rings. The Kier molecular flexibility index (Phi) is 2.73. The summed E-state index contributed by atoms with van der Waals surface area (Å²) >= 11 is 0. The molecule has 0 aromatic carbocycles. The Morgan fingerprint density at radius 1 is 1.08 bits per heavy atom. The van der Waals surface area contributed by atoms with E-state index < -0.39 is 0 Å². The summed E-state index contributed by atoms with van der Waals surface area (Å²) in [4.78, 5) is 24.0. The van der Waals surface area contributed by atoms with Crippen LogP contribution >= 0.6 is 0 Å². The van der Waals surface area contributed by atoms with E-state index in [0.717, 1.165) is 31.1 Å². The predicted molar refractivity (Wildman–Crippen MR) is 97.0 cm³/mol. The summed E-state index contributed by atoms with van der Waals surface area (Å²) in [6.07, 6.45) is 13.5. The van der Waals surface area contributed by atoms with E-state index in [9.17, 15) is 9.59 Å². The second-order valence-electron chi connectivity index (χ2n) is 10.4. The molecule has 0 radical (unpaired) electrons. The van der Waals surface area contributed by atoms with Gasteiger partial charge in [-0.3, -0.25) is 9.59 Å². The molecule has 138 valence electrons. The van der Waals surface area contributed by atoms with Crippen LogP contribution < -0.4 is 0 Å². The number of carbonyl (C=O) groups is 2. The number of rotatable bonds is 0. The first kappa shape index (κ1) is 15.7. The molecule has 0 aromatic heterocycles. The summed E-state index contributed by atoms with van der Waals surface area (Å²) in [6, 6.07) is 0. The van der Waals surface area contributed by atoms with Gasteiger partial charge in [0.15, 0.2) is 5.78 Å². The van der Waals surface area contributed by atoms with E-state index >= 15 is 0 Å². The van der Waals surface area contributed by atoms with Gasteiger partial charge in [-0.15, -0.1) is 0 Å². The summed E-state index contributed by atoms with van der Waals surface area (Å²) in [5.41, 5.74) is 1.47. The van der Waals surface area contributed by atoms with Crippen LogP contribution in [-0.2, 0) is 14.3 Å². The van der Waals surface area contributed by atoms with Crippen molar-refractivity contribution in [3.63, 3.8) is 0 Å². The minimum Gasteiger partial charge on any atom is -0.458 e. The Morgan fingerprint density at radius 2 is 1.88 bits per heavy atom. The van der Waals surface area contributed by atoms with Gasteiger partial charge in [0.25, 0.3) is 0 Å². The normalized spacial score (nSPS) is 56.4. The Hall–Kier alpha value is -1.38. The molecule has 5 aliphatic carbocycles. The third-order valence-electron chi connectivity index (χ3n) is 9.68. The first-order valence-electron chi connectivity index (χ1n) is 10.6. The molecule has 8 atom stereocenters.